The Bertz CT molecular complexity index is 481. The Hall–Kier alpha value is -0.830. The van der Waals surface area contributed by atoms with Crippen molar-refractivity contribution in [2.24, 2.45) is 0 Å². The fourth-order valence-electron chi connectivity index (χ4n) is 2.56. The van der Waals surface area contributed by atoms with Crippen LogP contribution in [0.3, 0.4) is 0 Å². The number of carbonyl (C=O) groups excluding carboxylic acids is 1. The molecule has 0 N–H and O–H groups in total. The molecule has 0 bridgehead atoms. The van der Waals surface area contributed by atoms with Gasteiger partial charge in [0.2, 0.25) is 5.91 Å². The zero-order chi connectivity index (χ0) is 13.5. The van der Waals surface area contributed by atoms with Crippen molar-refractivity contribution in [2.45, 2.75) is 44.4 Å². The highest BCUT2D eigenvalue weighted by molar-refractivity contribution is 9.10. The molecular weight excluding hydrogens is 290 g/mol. The second-order valence-corrected chi connectivity index (χ2v) is 6.51. The number of halogens is 1. The minimum atomic E-state index is -0.164. The van der Waals surface area contributed by atoms with Gasteiger partial charge < -0.3 is 4.90 Å². The molecule has 1 atom stereocenters. The molecule has 1 heterocycles. The van der Waals surface area contributed by atoms with Crippen LogP contribution in [0.15, 0.2) is 18.2 Å². The Kier molecular flexibility index (Phi) is 3.54. The average Bonchev–Trinajstić information content (AvgIpc) is 2.33. The SMILES string of the molecule is CCCN1C(=O)C(Br)C(C)(C)c2cc(C)ccc21. The van der Waals surface area contributed by atoms with Crippen molar-refractivity contribution in [3.63, 3.8) is 0 Å². The molecule has 0 spiro atoms. The second kappa shape index (κ2) is 4.69. The van der Waals surface area contributed by atoms with Gasteiger partial charge >= 0.3 is 0 Å². The lowest BCUT2D eigenvalue weighted by Gasteiger charge is -2.42. The van der Waals surface area contributed by atoms with Gasteiger partial charge in [0.15, 0.2) is 0 Å². The summed E-state index contributed by atoms with van der Waals surface area (Å²) in [7, 11) is 0. The first-order valence-corrected chi connectivity index (χ1v) is 7.37. The van der Waals surface area contributed by atoms with Gasteiger partial charge in [-0.15, -0.1) is 0 Å². The van der Waals surface area contributed by atoms with Crippen molar-refractivity contribution in [3.8, 4) is 0 Å². The maximum absolute atomic E-state index is 12.5. The monoisotopic (exact) mass is 309 g/mol. The predicted molar refractivity (Wildman–Crippen MR) is 79.6 cm³/mol. The van der Waals surface area contributed by atoms with E-state index in [0.29, 0.717) is 0 Å². The number of nitrogens with zero attached hydrogens (tertiary/aromatic N) is 1. The van der Waals surface area contributed by atoms with Crippen molar-refractivity contribution in [2.75, 3.05) is 11.4 Å². The third-order valence-electron chi connectivity index (χ3n) is 3.70. The van der Waals surface area contributed by atoms with Crippen LogP contribution in [-0.4, -0.2) is 17.3 Å². The third kappa shape index (κ3) is 1.99. The van der Waals surface area contributed by atoms with Crippen molar-refractivity contribution in [1.82, 2.24) is 0 Å². The van der Waals surface area contributed by atoms with Crippen LogP contribution in [0, 0.1) is 6.92 Å². The highest BCUT2D eigenvalue weighted by Gasteiger charge is 2.43. The molecule has 98 valence electrons. The first kappa shape index (κ1) is 13.6. The third-order valence-corrected chi connectivity index (χ3v) is 5.24. The van der Waals surface area contributed by atoms with Crippen LogP contribution in [0.5, 0.6) is 0 Å². The van der Waals surface area contributed by atoms with Crippen LogP contribution in [0.4, 0.5) is 5.69 Å². The average molecular weight is 310 g/mol. The Morgan fingerprint density at radius 1 is 1.39 bits per heavy atom. The summed E-state index contributed by atoms with van der Waals surface area (Å²) in [4.78, 5) is 14.2. The molecule has 1 unspecified atom stereocenters. The van der Waals surface area contributed by atoms with Gasteiger partial charge in [0.1, 0.15) is 4.83 Å². The summed E-state index contributed by atoms with van der Waals surface area (Å²) >= 11 is 3.59. The molecule has 1 amide bonds. The molecule has 0 aromatic heterocycles. The summed E-state index contributed by atoms with van der Waals surface area (Å²) < 4.78 is 0. The molecule has 1 aromatic carbocycles. The molecule has 0 aliphatic carbocycles. The highest BCUT2D eigenvalue weighted by Crippen LogP contribution is 2.43. The Morgan fingerprint density at radius 2 is 2.06 bits per heavy atom. The van der Waals surface area contributed by atoms with E-state index in [9.17, 15) is 4.79 Å². The van der Waals surface area contributed by atoms with Gasteiger partial charge in [-0.05, 0) is 25.0 Å². The van der Waals surface area contributed by atoms with Crippen LogP contribution in [0.2, 0.25) is 0 Å². The lowest BCUT2D eigenvalue weighted by Crippen LogP contribution is -2.50. The number of fused-ring (bicyclic) bond motifs is 1. The predicted octanol–water partition coefficient (Wildman–Crippen LogP) is 3.79. The summed E-state index contributed by atoms with van der Waals surface area (Å²) in [6.45, 7) is 9.25. The number of hydrogen-bond acceptors (Lipinski definition) is 1. The number of hydrogen-bond donors (Lipinski definition) is 0. The van der Waals surface area contributed by atoms with Crippen molar-refractivity contribution >= 4 is 27.5 Å². The lowest BCUT2D eigenvalue weighted by atomic mass is 9.76. The zero-order valence-corrected chi connectivity index (χ0v) is 13.0. The second-order valence-electron chi connectivity index (χ2n) is 5.59. The van der Waals surface area contributed by atoms with Gasteiger partial charge in [0.25, 0.3) is 0 Å². The largest absolute Gasteiger partial charge is 0.311 e. The number of carbonyl (C=O) groups is 1. The van der Waals surface area contributed by atoms with Gasteiger partial charge in [-0.2, -0.15) is 0 Å². The van der Waals surface area contributed by atoms with Gasteiger partial charge in [0.05, 0.1) is 0 Å². The van der Waals surface area contributed by atoms with Crippen LogP contribution in [0.1, 0.15) is 38.3 Å². The Labute approximate surface area is 117 Å². The first-order valence-electron chi connectivity index (χ1n) is 6.46. The number of benzene rings is 1. The molecule has 3 heteroatoms. The van der Waals surface area contributed by atoms with Gasteiger partial charge in [-0.1, -0.05) is 54.4 Å². The van der Waals surface area contributed by atoms with E-state index < -0.39 is 0 Å². The van der Waals surface area contributed by atoms with Crippen molar-refractivity contribution < 1.29 is 4.79 Å². The molecule has 0 radical (unpaired) electrons. The molecular formula is C15H20BrNO. The molecule has 18 heavy (non-hydrogen) atoms. The van der Waals surface area contributed by atoms with E-state index in [1.165, 1.54) is 11.1 Å². The molecule has 2 rings (SSSR count). The quantitative estimate of drug-likeness (QED) is 0.761. The van der Waals surface area contributed by atoms with E-state index >= 15 is 0 Å². The summed E-state index contributed by atoms with van der Waals surface area (Å²) in [6, 6.07) is 6.37. The normalized spacial score (nSPS) is 21.9. The minimum absolute atomic E-state index is 0.147. The fraction of sp³-hybridized carbons (Fsp3) is 0.533. The smallest absolute Gasteiger partial charge is 0.241 e. The van der Waals surface area contributed by atoms with Gasteiger partial charge in [-0.3, -0.25) is 4.79 Å². The molecule has 0 fully saturated rings. The fourth-order valence-corrected chi connectivity index (χ4v) is 3.05. The van der Waals surface area contributed by atoms with Crippen molar-refractivity contribution in [1.29, 1.82) is 0 Å². The highest BCUT2D eigenvalue weighted by atomic mass is 79.9. The van der Waals surface area contributed by atoms with Gasteiger partial charge in [-0.25, -0.2) is 0 Å². The van der Waals surface area contributed by atoms with Crippen LogP contribution < -0.4 is 4.90 Å². The van der Waals surface area contributed by atoms with Crippen LogP contribution in [0.25, 0.3) is 0 Å². The van der Waals surface area contributed by atoms with E-state index in [1.807, 2.05) is 4.90 Å². The standard InChI is InChI=1S/C15H20BrNO/c1-5-8-17-12-7-6-10(2)9-11(12)15(3,4)13(16)14(17)18/h6-7,9,13H,5,8H2,1-4H3. The number of amides is 1. The molecule has 0 saturated carbocycles. The molecule has 1 aliphatic heterocycles. The lowest BCUT2D eigenvalue weighted by molar-refractivity contribution is -0.119. The van der Waals surface area contributed by atoms with E-state index in [2.05, 4.69) is 61.8 Å². The van der Waals surface area contributed by atoms with Crippen molar-refractivity contribution in [3.05, 3.63) is 29.3 Å². The topological polar surface area (TPSA) is 20.3 Å². The van der Waals surface area contributed by atoms with E-state index in [-0.39, 0.29) is 16.1 Å². The minimum Gasteiger partial charge on any atom is -0.311 e. The maximum Gasteiger partial charge on any atom is 0.241 e. The van der Waals surface area contributed by atoms with Crippen LogP contribution >= 0.6 is 15.9 Å². The zero-order valence-electron chi connectivity index (χ0n) is 11.5. The number of anilines is 1. The van der Waals surface area contributed by atoms with Gasteiger partial charge in [0, 0.05) is 17.6 Å². The number of alkyl halides is 1. The Balaban J connectivity index is 2.61. The summed E-state index contributed by atoms with van der Waals surface area (Å²) in [5.41, 5.74) is 3.42. The maximum atomic E-state index is 12.5. The van der Waals surface area contributed by atoms with E-state index in [4.69, 9.17) is 0 Å². The van der Waals surface area contributed by atoms with E-state index in [1.54, 1.807) is 0 Å². The summed E-state index contributed by atoms with van der Waals surface area (Å²) in [5.74, 6) is 0.179. The summed E-state index contributed by atoms with van der Waals surface area (Å²) in [5, 5.41) is 0. The van der Waals surface area contributed by atoms with E-state index in [0.717, 1.165) is 18.7 Å². The number of aryl methyl sites for hydroxylation is 1. The Morgan fingerprint density at radius 3 is 2.67 bits per heavy atom. The molecule has 1 aromatic rings. The number of rotatable bonds is 2. The molecule has 1 aliphatic rings. The molecule has 0 saturated heterocycles. The first-order chi connectivity index (χ1) is 8.39. The summed E-state index contributed by atoms with van der Waals surface area (Å²) in [6.07, 6.45) is 0.971. The molecule has 2 nitrogen and oxygen atoms in total. The van der Waals surface area contributed by atoms with Crippen LogP contribution in [-0.2, 0) is 10.2 Å².